The summed E-state index contributed by atoms with van der Waals surface area (Å²) in [5.74, 6) is -0.0257. The number of unbranched alkanes of at least 4 members (excludes halogenated alkanes) is 2. The molecule has 0 bridgehead atoms. The van der Waals surface area contributed by atoms with Gasteiger partial charge in [-0.3, -0.25) is 9.80 Å². The van der Waals surface area contributed by atoms with Crippen molar-refractivity contribution in [3.8, 4) is 0 Å². The summed E-state index contributed by atoms with van der Waals surface area (Å²) in [5.41, 5.74) is 0. The summed E-state index contributed by atoms with van der Waals surface area (Å²) in [6.45, 7) is 9.73. The van der Waals surface area contributed by atoms with Crippen LogP contribution in [-0.2, 0) is 4.79 Å². The maximum absolute atomic E-state index is 11.4. The smallest absolute Gasteiger partial charge is 0.260 e. The molecule has 0 radical (unpaired) electrons. The van der Waals surface area contributed by atoms with Gasteiger partial charge < -0.3 is 0 Å². The van der Waals surface area contributed by atoms with E-state index in [-0.39, 0.29) is 5.91 Å². The Bertz CT molecular complexity index is 184. The summed E-state index contributed by atoms with van der Waals surface area (Å²) >= 11 is 0. The summed E-state index contributed by atoms with van der Waals surface area (Å²) in [4.78, 5) is 11.4. The van der Waals surface area contributed by atoms with Crippen molar-refractivity contribution in [1.82, 2.24) is 10.0 Å². The van der Waals surface area contributed by atoms with Gasteiger partial charge in [0.25, 0.3) is 5.91 Å². The fourth-order valence-corrected chi connectivity index (χ4v) is 1.36. The van der Waals surface area contributed by atoms with Gasteiger partial charge in [-0.05, 0) is 18.9 Å². The first-order valence-electron chi connectivity index (χ1n) is 5.82. The molecule has 0 spiro atoms. The van der Waals surface area contributed by atoms with Crippen LogP contribution in [0.2, 0.25) is 0 Å². The van der Waals surface area contributed by atoms with Crippen molar-refractivity contribution in [2.45, 2.75) is 39.5 Å². The first-order valence-corrected chi connectivity index (χ1v) is 5.82. The molecule has 3 heteroatoms. The Balaban J connectivity index is 4.18. The SMILES string of the molecule is C=CC(=O)N(C)N(CCCC)CCCC. The van der Waals surface area contributed by atoms with Crippen molar-refractivity contribution in [1.29, 1.82) is 0 Å². The van der Waals surface area contributed by atoms with Gasteiger partial charge in [-0.25, -0.2) is 5.01 Å². The number of carbonyl (C=O) groups excluding carboxylic acids is 1. The zero-order valence-electron chi connectivity index (χ0n) is 10.3. The van der Waals surface area contributed by atoms with Gasteiger partial charge in [0.05, 0.1) is 0 Å². The highest BCUT2D eigenvalue weighted by atomic mass is 16.2. The lowest BCUT2D eigenvalue weighted by Gasteiger charge is -2.31. The van der Waals surface area contributed by atoms with Gasteiger partial charge in [0.2, 0.25) is 0 Å². The summed E-state index contributed by atoms with van der Waals surface area (Å²) in [6.07, 6.45) is 5.92. The highest BCUT2D eigenvalue weighted by molar-refractivity contribution is 5.86. The third-order valence-corrected chi connectivity index (χ3v) is 2.46. The molecule has 0 rings (SSSR count). The van der Waals surface area contributed by atoms with Crippen molar-refractivity contribution in [3.63, 3.8) is 0 Å². The molecule has 0 aromatic rings. The highest BCUT2D eigenvalue weighted by Crippen LogP contribution is 2.03. The summed E-state index contributed by atoms with van der Waals surface area (Å²) in [5, 5.41) is 3.79. The van der Waals surface area contributed by atoms with Crippen LogP contribution >= 0.6 is 0 Å². The zero-order valence-corrected chi connectivity index (χ0v) is 10.3. The number of likely N-dealkylation sites (N-methyl/N-ethyl adjacent to an activating group) is 1. The van der Waals surface area contributed by atoms with Gasteiger partial charge >= 0.3 is 0 Å². The lowest BCUT2D eigenvalue weighted by molar-refractivity contribution is -0.140. The Morgan fingerprint density at radius 3 is 2.00 bits per heavy atom. The summed E-state index contributed by atoms with van der Waals surface area (Å²) in [6, 6.07) is 0. The van der Waals surface area contributed by atoms with Crippen LogP contribution in [0, 0.1) is 0 Å². The van der Waals surface area contributed by atoms with Crippen molar-refractivity contribution in [2.75, 3.05) is 20.1 Å². The largest absolute Gasteiger partial charge is 0.275 e. The molecule has 1 amide bonds. The molecule has 0 heterocycles. The first-order chi connectivity index (χ1) is 7.17. The molecule has 0 aliphatic heterocycles. The molecule has 3 nitrogen and oxygen atoms in total. The predicted molar refractivity (Wildman–Crippen MR) is 64.4 cm³/mol. The van der Waals surface area contributed by atoms with Crippen molar-refractivity contribution < 1.29 is 4.79 Å². The fourth-order valence-electron chi connectivity index (χ4n) is 1.36. The van der Waals surface area contributed by atoms with Crippen LogP contribution in [0.5, 0.6) is 0 Å². The molecule has 0 aromatic heterocycles. The molecule has 0 atom stereocenters. The molecule has 0 N–H and O–H groups in total. The van der Waals surface area contributed by atoms with E-state index >= 15 is 0 Å². The minimum Gasteiger partial charge on any atom is -0.275 e. The quantitative estimate of drug-likeness (QED) is 0.456. The molecule has 0 saturated carbocycles. The van der Waals surface area contributed by atoms with Crippen LogP contribution in [-0.4, -0.2) is 36.1 Å². The van der Waals surface area contributed by atoms with E-state index in [2.05, 4.69) is 25.4 Å². The van der Waals surface area contributed by atoms with Gasteiger partial charge in [0.1, 0.15) is 0 Å². The lowest BCUT2D eigenvalue weighted by atomic mass is 10.3. The molecule has 0 unspecified atom stereocenters. The van der Waals surface area contributed by atoms with E-state index in [1.807, 2.05) is 7.05 Å². The van der Waals surface area contributed by atoms with Gasteiger partial charge in [-0.15, -0.1) is 0 Å². The van der Waals surface area contributed by atoms with Gasteiger partial charge in [-0.1, -0.05) is 33.3 Å². The van der Waals surface area contributed by atoms with Gasteiger partial charge in [-0.2, -0.15) is 0 Å². The van der Waals surface area contributed by atoms with Crippen LogP contribution in [0.25, 0.3) is 0 Å². The lowest BCUT2D eigenvalue weighted by Crippen LogP contribution is -2.44. The maximum Gasteiger partial charge on any atom is 0.260 e. The minimum atomic E-state index is -0.0257. The summed E-state index contributed by atoms with van der Waals surface area (Å²) in [7, 11) is 1.81. The van der Waals surface area contributed by atoms with E-state index in [4.69, 9.17) is 0 Å². The van der Waals surface area contributed by atoms with Gasteiger partial charge in [0.15, 0.2) is 0 Å². The van der Waals surface area contributed by atoms with Crippen LogP contribution in [0.1, 0.15) is 39.5 Å². The second kappa shape index (κ2) is 8.48. The molecular formula is C12H24N2O. The predicted octanol–water partition coefficient (Wildman–Crippen LogP) is 2.45. The fraction of sp³-hybridized carbons (Fsp3) is 0.750. The van der Waals surface area contributed by atoms with Crippen LogP contribution < -0.4 is 0 Å². The Kier molecular flexibility index (Phi) is 8.01. The van der Waals surface area contributed by atoms with E-state index in [0.29, 0.717) is 0 Å². The van der Waals surface area contributed by atoms with Crippen molar-refractivity contribution in [2.24, 2.45) is 0 Å². The van der Waals surface area contributed by atoms with Crippen molar-refractivity contribution in [3.05, 3.63) is 12.7 Å². The molecule has 0 fully saturated rings. The molecule has 0 aromatic carbocycles. The van der Waals surface area contributed by atoms with Gasteiger partial charge in [0, 0.05) is 20.1 Å². The molecule has 0 aliphatic rings. The van der Waals surface area contributed by atoms with E-state index < -0.39 is 0 Å². The number of carbonyl (C=O) groups is 1. The standard InChI is InChI=1S/C12H24N2O/c1-5-8-10-14(11-9-6-2)13(4)12(15)7-3/h7H,3,5-6,8-11H2,1-2,4H3. The number of nitrogens with zero attached hydrogens (tertiary/aromatic N) is 2. The number of amides is 1. The monoisotopic (exact) mass is 212 g/mol. The van der Waals surface area contributed by atoms with Crippen LogP contribution in [0.15, 0.2) is 12.7 Å². The average Bonchev–Trinajstić information content (AvgIpc) is 2.27. The first kappa shape index (κ1) is 14.2. The Morgan fingerprint density at radius 2 is 1.67 bits per heavy atom. The minimum absolute atomic E-state index is 0.0257. The van der Waals surface area contributed by atoms with Crippen LogP contribution in [0.4, 0.5) is 0 Å². The number of hydrogen-bond acceptors (Lipinski definition) is 2. The third-order valence-electron chi connectivity index (χ3n) is 2.46. The second-order valence-corrected chi connectivity index (χ2v) is 3.73. The molecule has 15 heavy (non-hydrogen) atoms. The zero-order chi connectivity index (χ0) is 11.7. The molecular weight excluding hydrogens is 188 g/mol. The topological polar surface area (TPSA) is 23.6 Å². The number of hydrazine groups is 1. The van der Waals surface area contributed by atoms with E-state index in [1.54, 1.807) is 5.01 Å². The maximum atomic E-state index is 11.4. The Hall–Kier alpha value is -0.830. The van der Waals surface area contributed by atoms with E-state index in [0.717, 1.165) is 38.8 Å². The Morgan fingerprint density at radius 1 is 1.20 bits per heavy atom. The third kappa shape index (κ3) is 5.57. The molecule has 88 valence electrons. The number of rotatable bonds is 8. The normalized spacial score (nSPS) is 10.4. The van der Waals surface area contributed by atoms with E-state index in [9.17, 15) is 4.79 Å². The molecule has 0 aliphatic carbocycles. The highest BCUT2D eigenvalue weighted by Gasteiger charge is 2.13. The van der Waals surface area contributed by atoms with E-state index in [1.165, 1.54) is 6.08 Å². The Labute approximate surface area is 93.7 Å². The summed E-state index contributed by atoms with van der Waals surface area (Å²) < 4.78 is 0. The number of hydrogen-bond donors (Lipinski definition) is 0. The molecule has 0 saturated heterocycles. The average molecular weight is 212 g/mol. The van der Waals surface area contributed by atoms with Crippen molar-refractivity contribution >= 4 is 5.91 Å². The second-order valence-electron chi connectivity index (χ2n) is 3.73. The van der Waals surface area contributed by atoms with Crippen LogP contribution in [0.3, 0.4) is 0 Å².